The van der Waals surface area contributed by atoms with E-state index in [1.165, 1.54) is 13.7 Å². The molecule has 0 aliphatic carbocycles. The van der Waals surface area contributed by atoms with Crippen LogP contribution in [0.3, 0.4) is 0 Å². The van der Waals surface area contributed by atoms with Gasteiger partial charge in [0.25, 0.3) is 0 Å². The molecule has 1 amide bonds. The summed E-state index contributed by atoms with van der Waals surface area (Å²) in [5, 5.41) is 3.19. The van der Waals surface area contributed by atoms with E-state index in [0.29, 0.717) is 5.13 Å². The predicted octanol–water partition coefficient (Wildman–Crippen LogP) is 2.62. The van der Waals surface area contributed by atoms with Crippen LogP contribution in [0.4, 0.5) is 9.93 Å². The number of nitrogens with one attached hydrogen (secondary N) is 1. The van der Waals surface area contributed by atoms with Gasteiger partial charge in [-0.25, -0.2) is 0 Å². The summed E-state index contributed by atoms with van der Waals surface area (Å²) in [6.07, 6.45) is -0.502. The third kappa shape index (κ3) is 5.09. The summed E-state index contributed by atoms with van der Waals surface area (Å²) in [5.41, 5.74) is 0.943. The van der Waals surface area contributed by atoms with Crippen molar-refractivity contribution in [3.05, 3.63) is 35.9 Å². The van der Waals surface area contributed by atoms with Gasteiger partial charge in [-0.1, -0.05) is 0 Å². The molecule has 0 radical (unpaired) electrons. The van der Waals surface area contributed by atoms with Gasteiger partial charge in [0.15, 0.2) is 0 Å². The van der Waals surface area contributed by atoms with Crippen LogP contribution in [-0.4, -0.2) is 11.1 Å². The van der Waals surface area contributed by atoms with Gasteiger partial charge in [-0.05, 0) is 0 Å². The second kappa shape index (κ2) is 8.88. The van der Waals surface area contributed by atoms with E-state index in [1.54, 1.807) is 0 Å². The minimum absolute atomic E-state index is 0.239. The van der Waals surface area contributed by atoms with Crippen molar-refractivity contribution in [1.29, 1.82) is 0 Å². The van der Waals surface area contributed by atoms with Gasteiger partial charge in [0.1, 0.15) is 0 Å². The Morgan fingerprint density at radius 1 is 1.30 bits per heavy atom. The minimum atomic E-state index is -1.57. The van der Waals surface area contributed by atoms with E-state index in [1.807, 2.05) is 30.3 Å². The number of rotatable bonds is 5. The molecule has 0 spiro atoms. The zero-order valence-electron chi connectivity index (χ0n) is 10.4. The summed E-state index contributed by atoms with van der Waals surface area (Å²) in [6.45, 7) is 0.239. The first-order valence-electron chi connectivity index (χ1n) is 5.81. The Balaban J connectivity index is 1.90. The Morgan fingerprint density at radius 3 is 2.65 bits per heavy atom. The van der Waals surface area contributed by atoms with Crippen molar-refractivity contribution in [1.82, 2.24) is 4.98 Å². The summed E-state index contributed by atoms with van der Waals surface area (Å²) < 4.78 is 7.31. The van der Waals surface area contributed by atoms with Crippen LogP contribution < -0.4 is 10.9 Å². The average Bonchev–Trinajstić information content (AvgIpc) is 2.88. The summed E-state index contributed by atoms with van der Waals surface area (Å²) >= 11 is -1.64. The molecule has 0 saturated carbocycles. The summed E-state index contributed by atoms with van der Waals surface area (Å²) in [4.78, 5) is 16.0. The molecule has 0 aliphatic rings. The molecule has 0 saturated heterocycles. The molecule has 9 heteroatoms. The topological polar surface area (TPSA) is 51.2 Å². The van der Waals surface area contributed by atoms with Crippen LogP contribution in [0.1, 0.15) is 5.56 Å². The van der Waals surface area contributed by atoms with Crippen LogP contribution in [0.15, 0.2) is 30.3 Å². The quantitative estimate of drug-likeness (QED) is 0.488. The van der Waals surface area contributed by atoms with Gasteiger partial charge >= 0.3 is 154 Å². The van der Waals surface area contributed by atoms with E-state index in [-0.39, 0.29) is 6.61 Å². The molecule has 4 nitrogen and oxygen atoms in total. The number of hydrogen-bond donors (Lipinski definition) is 1. The zero-order valence-corrected chi connectivity index (χ0v) is 23.8. The van der Waals surface area contributed by atoms with Gasteiger partial charge in [0.05, 0.1) is 0 Å². The molecule has 0 unspecified atom stereocenters. The van der Waals surface area contributed by atoms with Crippen LogP contribution >= 0.6 is 27.8 Å². The Labute approximate surface area is 152 Å². The number of thiazole rings is 1. The van der Waals surface area contributed by atoms with Crippen LogP contribution in [0.25, 0.3) is 0 Å². The molecular formula is C11H8Cl2Hg2N2O2S. The van der Waals surface area contributed by atoms with E-state index in [2.05, 4.69) is 10.3 Å². The molecule has 1 N–H and O–H groups in total. The predicted molar refractivity (Wildman–Crippen MR) is 73.3 cm³/mol. The van der Waals surface area contributed by atoms with Crippen molar-refractivity contribution in [2.45, 2.75) is 6.61 Å². The number of amides is 1. The molecule has 1 aromatic carbocycles. The summed E-state index contributed by atoms with van der Waals surface area (Å²) in [5.74, 6) is 0. The molecule has 1 heterocycles. The van der Waals surface area contributed by atoms with Crippen LogP contribution in [0, 0.1) is 0 Å². The number of anilines is 1. The molecule has 0 atom stereocenters. The van der Waals surface area contributed by atoms with Crippen LogP contribution in [-0.2, 0) is 58.0 Å². The Hall–Kier alpha value is 0.570. The Morgan fingerprint density at radius 2 is 2.05 bits per heavy atom. The molecule has 2 rings (SSSR count). The number of ether oxygens (including phenoxy) is 1. The average molecular weight is 704 g/mol. The van der Waals surface area contributed by atoms with E-state index >= 15 is 0 Å². The fraction of sp³-hybridized carbons (Fsp3) is 0.0909. The Bertz CT molecular complexity index is 562. The number of nitrogens with zero attached hydrogens (tertiary/aromatic N) is 1. The van der Waals surface area contributed by atoms with Crippen molar-refractivity contribution in [3.63, 3.8) is 0 Å². The number of halogens is 2. The molecule has 98 valence electrons. The fourth-order valence-electron chi connectivity index (χ4n) is 1.49. The molecule has 0 fully saturated rings. The van der Waals surface area contributed by atoms with Gasteiger partial charge in [0, 0.05) is 0 Å². The van der Waals surface area contributed by atoms with E-state index < -0.39 is 52.8 Å². The normalized spacial score (nSPS) is 9.50. The molecule has 1 aromatic heterocycles. The standard InChI is InChI=1S/C11H8N2O2S.2ClH.2Hg/c14-11(13-10-12-6-7-16-10)15-8-9-4-2-1-3-5-9;;;;/h1-5H,8H2,(H,12,13,14);2*1H;;/q;;;2*+1/p-2. The van der Waals surface area contributed by atoms with E-state index in [0.717, 1.165) is 8.77 Å². The number of carbonyl (C=O) groups excluding carboxylic acids is 1. The SMILES string of the molecule is O=C(Nc1n[c]([Hg][Cl])[c]([Hg][Cl])s1)OCc1ccccc1. The zero-order chi connectivity index (χ0) is 14.4. The van der Waals surface area contributed by atoms with E-state index in [4.69, 9.17) is 21.2 Å². The van der Waals surface area contributed by atoms with Crippen LogP contribution in [0.2, 0.25) is 0 Å². The van der Waals surface area contributed by atoms with Crippen molar-refractivity contribution in [2.24, 2.45) is 0 Å². The van der Waals surface area contributed by atoms with Gasteiger partial charge in [-0.2, -0.15) is 0 Å². The maximum absolute atomic E-state index is 11.7. The summed E-state index contributed by atoms with van der Waals surface area (Å²) in [7, 11) is 12.0. The van der Waals surface area contributed by atoms with Crippen LogP contribution in [0.5, 0.6) is 0 Å². The first-order valence-corrected chi connectivity index (χ1v) is 25.7. The third-order valence-corrected chi connectivity index (χ3v) is 26.6. The number of hydrogen-bond acceptors (Lipinski definition) is 4. The molecule has 2 aromatic rings. The maximum atomic E-state index is 11.7. The monoisotopic (exact) mass is 706 g/mol. The third-order valence-electron chi connectivity index (χ3n) is 2.45. The fourth-order valence-corrected chi connectivity index (χ4v) is 33.5. The molecule has 0 bridgehead atoms. The molecular weight excluding hydrogens is 696 g/mol. The summed E-state index contributed by atoms with van der Waals surface area (Å²) in [6, 6.07) is 9.52. The van der Waals surface area contributed by atoms with Gasteiger partial charge in [0.2, 0.25) is 0 Å². The van der Waals surface area contributed by atoms with Crippen molar-refractivity contribution >= 4 is 44.6 Å². The van der Waals surface area contributed by atoms with Crippen molar-refractivity contribution in [2.75, 3.05) is 5.32 Å². The first kappa shape index (κ1) is 16.9. The second-order valence-electron chi connectivity index (χ2n) is 3.84. The number of benzene rings is 1. The van der Waals surface area contributed by atoms with Crippen molar-refractivity contribution in [3.8, 4) is 0 Å². The van der Waals surface area contributed by atoms with Gasteiger partial charge < -0.3 is 0 Å². The second-order valence-corrected chi connectivity index (χ2v) is 19.0. The van der Waals surface area contributed by atoms with Gasteiger partial charge in [-0.15, -0.1) is 0 Å². The first-order chi connectivity index (χ1) is 9.72. The number of aromatic nitrogens is 1. The van der Waals surface area contributed by atoms with Crippen molar-refractivity contribution < 1.29 is 56.2 Å². The van der Waals surface area contributed by atoms with E-state index in [9.17, 15) is 4.79 Å². The van der Waals surface area contributed by atoms with Gasteiger partial charge in [-0.3, -0.25) is 0 Å². The molecule has 20 heavy (non-hydrogen) atoms. The molecule has 0 aliphatic heterocycles. The Kier molecular flexibility index (Phi) is 7.52. The number of carbonyl (C=O) groups is 1.